The van der Waals surface area contributed by atoms with Crippen LogP contribution in [0.3, 0.4) is 0 Å². The van der Waals surface area contributed by atoms with Gasteiger partial charge in [0.2, 0.25) is 0 Å². The SMILES string of the molecule is CC(C)=CCC/C(C)=C/CC/C(C)=C/CSCC(C)NC(=O)NCCC(=O)O. The lowest BCUT2D eigenvalue weighted by Crippen LogP contribution is -2.42. The fourth-order valence-corrected chi connectivity index (χ4v) is 3.36. The molecule has 0 aliphatic rings. The second-order valence-corrected chi connectivity index (χ2v) is 8.52. The van der Waals surface area contributed by atoms with Crippen LogP contribution >= 0.6 is 11.8 Å². The molecule has 0 aromatic heterocycles. The van der Waals surface area contributed by atoms with Crippen LogP contribution in [0.2, 0.25) is 0 Å². The minimum Gasteiger partial charge on any atom is -0.481 e. The molecule has 0 bridgehead atoms. The van der Waals surface area contributed by atoms with Gasteiger partial charge in [0.15, 0.2) is 0 Å². The van der Waals surface area contributed by atoms with Crippen LogP contribution in [0.5, 0.6) is 0 Å². The van der Waals surface area contributed by atoms with E-state index in [0.29, 0.717) is 0 Å². The Bertz CT molecular complexity index is 564. The first-order chi connectivity index (χ1) is 13.2. The molecule has 0 aliphatic carbocycles. The third kappa shape index (κ3) is 17.7. The van der Waals surface area contributed by atoms with Crippen LogP contribution < -0.4 is 10.6 Å². The van der Waals surface area contributed by atoms with Gasteiger partial charge in [0.1, 0.15) is 0 Å². The molecule has 2 amide bonds. The van der Waals surface area contributed by atoms with Crippen LogP contribution in [0, 0.1) is 0 Å². The van der Waals surface area contributed by atoms with E-state index in [1.165, 1.54) is 16.7 Å². The number of thioether (sulfide) groups is 1. The molecule has 0 heterocycles. The predicted molar refractivity (Wildman–Crippen MR) is 121 cm³/mol. The molecule has 1 unspecified atom stereocenters. The highest BCUT2D eigenvalue weighted by molar-refractivity contribution is 7.99. The molecule has 28 heavy (non-hydrogen) atoms. The molecule has 0 spiro atoms. The van der Waals surface area contributed by atoms with Crippen molar-refractivity contribution >= 4 is 23.8 Å². The van der Waals surface area contributed by atoms with Gasteiger partial charge in [-0.05, 0) is 60.3 Å². The van der Waals surface area contributed by atoms with Crippen LogP contribution in [0.4, 0.5) is 4.79 Å². The van der Waals surface area contributed by atoms with E-state index >= 15 is 0 Å². The van der Waals surface area contributed by atoms with E-state index < -0.39 is 5.97 Å². The Balaban J connectivity index is 3.89. The number of hydrogen-bond donors (Lipinski definition) is 3. The maximum Gasteiger partial charge on any atom is 0.315 e. The van der Waals surface area contributed by atoms with Gasteiger partial charge in [-0.2, -0.15) is 11.8 Å². The maximum atomic E-state index is 11.6. The normalized spacial score (nSPS) is 13.0. The molecule has 5 nitrogen and oxygen atoms in total. The standard InChI is InChI=1S/C22H38N2O3S/c1-17(2)8-6-9-18(3)10-7-11-19(4)13-15-28-16-20(5)24-22(27)23-14-12-21(25)26/h8,10,13,20H,6-7,9,11-12,14-16H2,1-5H3,(H,25,26)(H2,23,24,27)/b18-10+,19-13+. The molecular weight excluding hydrogens is 372 g/mol. The van der Waals surface area contributed by atoms with Gasteiger partial charge in [-0.25, -0.2) is 4.79 Å². The van der Waals surface area contributed by atoms with E-state index in [0.717, 1.165) is 37.2 Å². The number of amides is 2. The molecule has 3 N–H and O–H groups in total. The lowest BCUT2D eigenvalue weighted by molar-refractivity contribution is -0.136. The third-order valence-electron chi connectivity index (χ3n) is 4.04. The molecule has 6 heteroatoms. The van der Waals surface area contributed by atoms with Crippen molar-refractivity contribution in [2.75, 3.05) is 18.1 Å². The lowest BCUT2D eigenvalue weighted by Gasteiger charge is -2.13. The summed E-state index contributed by atoms with van der Waals surface area (Å²) in [7, 11) is 0. The van der Waals surface area contributed by atoms with Crippen LogP contribution in [-0.4, -0.2) is 41.2 Å². The number of hydrogen-bond acceptors (Lipinski definition) is 3. The number of carbonyl (C=O) groups is 2. The second kappa shape index (κ2) is 16.3. The molecule has 0 radical (unpaired) electrons. The van der Waals surface area contributed by atoms with E-state index in [1.807, 2.05) is 6.92 Å². The average Bonchev–Trinajstić information content (AvgIpc) is 2.58. The molecule has 0 fully saturated rings. The number of carboxylic acids is 1. The first-order valence-electron chi connectivity index (χ1n) is 9.99. The zero-order valence-electron chi connectivity index (χ0n) is 18.1. The Labute approximate surface area is 175 Å². The van der Waals surface area contributed by atoms with Crippen LogP contribution in [0.15, 0.2) is 34.9 Å². The fraction of sp³-hybridized carbons (Fsp3) is 0.636. The van der Waals surface area contributed by atoms with Crippen LogP contribution in [0.1, 0.15) is 66.7 Å². The van der Waals surface area contributed by atoms with Crippen molar-refractivity contribution in [1.29, 1.82) is 0 Å². The molecular formula is C22H38N2O3S. The van der Waals surface area contributed by atoms with Gasteiger partial charge in [0.05, 0.1) is 6.42 Å². The minimum atomic E-state index is -0.916. The maximum absolute atomic E-state index is 11.6. The van der Waals surface area contributed by atoms with Crippen molar-refractivity contribution in [3.63, 3.8) is 0 Å². The van der Waals surface area contributed by atoms with Crippen molar-refractivity contribution in [3.05, 3.63) is 34.9 Å². The van der Waals surface area contributed by atoms with E-state index in [9.17, 15) is 9.59 Å². The zero-order valence-corrected chi connectivity index (χ0v) is 19.0. The highest BCUT2D eigenvalue weighted by Gasteiger charge is 2.07. The van der Waals surface area contributed by atoms with Crippen molar-refractivity contribution in [2.24, 2.45) is 0 Å². The molecule has 0 aromatic rings. The zero-order chi connectivity index (χ0) is 21.4. The van der Waals surface area contributed by atoms with Gasteiger partial charge >= 0.3 is 12.0 Å². The largest absolute Gasteiger partial charge is 0.481 e. The summed E-state index contributed by atoms with van der Waals surface area (Å²) in [4.78, 5) is 22.0. The molecule has 0 rings (SSSR count). The predicted octanol–water partition coefficient (Wildman–Crippen LogP) is 5.30. The first-order valence-corrected chi connectivity index (χ1v) is 11.1. The van der Waals surface area contributed by atoms with Gasteiger partial charge in [-0.1, -0.05) is 34.9 Å². The summed E-state index contributed by atoms with van der Waals surface area (Å²) in [6.07, 6.45) is 11.3. The lowest BCUT2D eigenvalue weighted by atomic mass is 10.1. The van der Waals surface area contributed by atoms with Crippen molar-refractivity contribution in [2.45, 2.75) is 72.8 Å². The Morgan fingerprint density at radius 2 is 1.57 bits per heavy atom. The Morgan fingerprint density at radius 3 is 2.18 bits per heavy atom. The summed E-state index contributed by atoms with van der Waals surface area (Å²) < 4.78 is 0. The van der Waals surface area contributed by atoms with Crippen LogP contribution in [-0.2, 0) is 4.79 Å². The topological polar surface area (TPSA) is 78.4 Å². The van der Waals surface area contributed by atoms with Gasteiger partial charge in [0, 0.05) is 24.1 Å². The number of allylic oxidation sites excluding steroid dienone is 5. The average molecular weight is 411 g/mol. The van der Waals surface area contributed by atoms with E-state index in [1.54, 1.807) is 11.8 Å². The Hall–Kier alpha value is -1.69. The van der Waals surface area contributed by atoms with Gasteiger partial charge in [-0.3, -0.25) is 4.79 Å². The second-order valence-electron chi connectivity index (χ2n) is 7.44. The number of nitrogens with one attached hydrogen (secondary N) is 2. The molecule has 160 valence electrons. The monoisotopic (exact) mass is 410 g/mol. The number of rotatable bonds is 14. The van der Waals surface area contributed by atoms with Gasteiger partial charge < -0.3 is 15.7 Å². The number of aliphatic carboxylic acids is 1. The Morgan fingerprint density at radius 1 is 0.964 bits per heavy atom. The number of carboxylic acid groups (broad SMARTS) is 1. The molecule has 0 aromatic carbocycles. The Kier molecular flexibility index (Phi) is 15.3. The quantitative estimate of drug-likeness (QED) is 0.268. The molecule has 1 atom stereocenters. The van der Waals surface area contributed by atoms with Gasteiger partial charge in [0.25, 0.3) is 0 Å². The van der Waals surface area contributed by atoms with Gasteiger partial charge in [-0.15, -0.1) is 0 Å². The smallest absolute Gasteiger partial charge is 0.315 e. The van der Waals surface area contributed by atoms with E-state index in [2.05, 4.69) is 56.6 Å². The summed E-state index contributed by atoms with van der Waals surface area (Å²) in [6.45, 7) is 10.7. The third-order valence-corrected chi connectivity index (χ3v) is 5.18. The summed E-state index contributed by atoms with van der Waals surface area (Å²) in [5.74, 6) is 0.835. The highest BCUT2D eigenvalue weighted by atomic mass is 32.2. The number of urea groups is 1. The summed E-state index contributed by atoms with van der Waals surface area (Å²) in [5, 5.41) is 13.9. The number of carbonyl (C=O) groups excluding carboxylic acids is 1. The molecule has 0 saturated heterocycles. The van der Waals surface area contributed by atoms with Crippen LogP contribution in [0.25, 0.3) is 0 Å². The summed E-state index contributed by atoms with van der Waals surface area (Å²) in [6, 6.07) is -0.275. The minimum absolute atomic E-state index is 0.0370. The fourth-order valence-electron chi connectivity index (χ4n) is 2.38. The van der Waals surface area contributed by atoms with Crippen molar-refractivity contribution in [3.8, 4) is 0 Å². The molecule has 0 saturated carbocycles. The molecule has 0 aliphatic heterocycles. The van der Waals surface area contributed by atoms with Crippen molar-refractivity contribution in [1.82, 2.24) is 10.6 Å². The first kappa shape index (κ1) is 26.3. The summed E-state index contributed by atoms with van der Waals surface area (Å²) >= 11 is 1.78. The van der Waals surface area contributed by atoms with Crippen molar-refractivity contribution < 1.29 is 14.7 Å². The highest BCUT2D eigenvalue weighted by Crippen LogP contribution is 2.12. The van der Waals surface area contributed by atoms with E-state index in [-0.39, 0.29) is 25.0 Å². The van der Waals surface area contributed by atoms with E-state index in [4.69, 9.17) is 5.11 Å². The summed E-state index contributed by atoms with van der Waals surface area (Å²) in [5.41, 5.74) is 4.24.